The lowest BCUT2D eigenvalue weighted by molar-refractivity contribution is 0.0697. The average Bonchev–Trinajstić information content (AvgIpc) is 2.77. The molecule has 0 radical (unpaired) electrons. The van der Waals surface area contributed by atoms with Crippen LogP contribution in [-0.2, 0) is 6.54 Å². The van der Waals surface area contributed by atoms with E-state index in [2.05, 4.69) is 15.9 Å². The molecule has 2 aromatic heterocycles. The van der Waals surface area contributed by atoms with E-state index in [4.69, 9.17) is 9.52 Å². The number of hydrogen-bond donors (Lipinski definition) is 1. The first-order valence-electron chi connectivity index (χ1n) is 4.28. The summed E-state index contributed by atoms with van der Waals surface area (Å²) in [7, 11) is 0. The van der Waals surface area contributed by atoms with Crippen LogP contribution in [0.1, 0.15) is 16.1 Å². The largest absolute Gasteiger partial charge is 0.478 e. The number of carboxylic acid groups (broad SMARTS) is 1. The summed E-state index contributed by atoms with van der Waals surface area (Å²) in [6.07, 6.45) is 3.15. The number of nitrogens with zero attached hydrogens (tertiary/aromatic N) is 1. The molecule has 4 nitrogen and oxygen atoms in total. The van der Waals surface area contributed by atoms with Crippen molar-refractivity contribution in [2.45, 2.75) is 6.54 Å². The third-order valence-electron chi connectivity index (χ3n) is 2.00. The molecule has 0 atom stereocenters. The van der Waals surface area contributed by atoms with Crippen LogP contribution in [0.3, 0.4) is 0 Å². The van der Waals surface area contributed by atoms with Gasteiger partial charge in [0.2, 0.25) is 0 Å². The maximum atomic E-state index is 10.7. The van der Waals surface area contributed by atoms with Crippen LogP contribution < -0.4 is 0 Å². The van der Waals surface area contributed by atoms with Crippen LogP contribution in [0, 0.1) is 0 Å². The Labute approximate surface area is 94.3 Å². The average molecular weight is 270 g/mol. The van der Waals surface area contributed by atoms with E-state index in [1.165, 1.54) is 0 Å². The number of carbonyl (C=O) groups is 1. The van der Waals surface area contributed by atoms with Crippen molar-refractivity contribution < 1.29 is 14.3 Å². The Kier molecular flexibility index (Phi) is 2.64. The van der Waals surface area contributed by atoms with Crippen molar-refractivity contribution in [2.75, 3.05) is 0 Å². The van der Waals surface area contributed by atoms with Crippen LogP contribution in [0.4, 0.5) is 0 Å². The summed E-state index contributed by atoms with van der Waals surface area (Å²) in [5, 5.41) is 8.79. The van der Waals surface area contributed by atoms with Gasteiger partial charge in [-0.2, -0.15) is 0 Å². The third kappa shape index (κ3) is 2.12. The Morgan fingerprint density at radius 3 is 2.93 bits per heavy atom. The summed E-state index contributed by atoms with van der Waals surface area (Å²) in [6.45, 7) is 0.515. The maximum Gasteiger partial charge on any atom is 0.337 e. The van der Waals surface area contributed by atoms with Gasteiger partial charge in [-0.25, -0.2) is 4.79 Å². The fourth-order valence-electron chi connectivity index (χ4n) is 1.29. The van der Waals surface area contributed by atoms with Gasteiger partial charge >= 0.3 is 5.97 Å². The standard InChI is InChI=1S/C10H8BrNO3/c11-9-4-7(10(13)14)5-12(9)6-8-2-1-3-15-8/h1-5H,6H2,(H,13,14). The van der Waals surface area contributed by atoms with Crippen LogP contribution in [-0.4, -0.2) is 15.6 Å². The molecule has 2 aromatic rings. The molecule has 0 fully saturated rings. The van der Waals surface area contributed by atoms with Gasteiger partial charge in [0.05, 0.1) is 23.0 Å². The first-order valence-corrected chi connectivity index (χ1v) is 5.07. The molecule has 5 heteroatoms. The van der Waals surface area contributed by atoms with E-state index in [1.54, 1.807) is 29.2 Å². The van der Waals surface area contributed by atoms with E-state index in [0.717, 1.165) is 10.4 Å². The molecule has 0 aromatic carbocycles. The van der Waals surface area contributed by atoms with Gasteiger partial charge in [-0.3, -0.25) is 0 Å². The highest BCUT2D eigenvalue weighted by atomic mass is 79.9. The van der Waals surface area contributed by atoms with Crippen LogP contribution in [0.5, 0.6) is 0 Å². The van der Waals surface area contributed by atoms with E-state index in [9.17, 15) is 4.79 Å². The van der Waals surface area contributed by atoms with Crippen molar-refractivity contribution in [3.05, 3.63) is 46.6 Å². The fourth-order valence-corrected chi connectivity index (χ4v) is 1.76. The fraction of sp³-hybridized carbons (Fsp3) is 0.100. The lowest BCUT2D eigenvalue weighted by Crippen LogP contribution is -1.98. The van der Waals surface area contributed by atoms with Crippen LogP contribution in [0.25, 0.3) is 0 Å². The number of carboxylic acids is 1. The first kappa shape index (κ1) is 10.0. The molecule has 2 rings (SSSR count). The van der Waals surface area contributed by atoms with Gasteiger partial charge in [0.1, 0.15) is 5.76 Å². The zero-order valence-electron chi connectivity index (χ0n) is 7.68. The Bertz CT molecular complexity index is 473. The molecule has 0 bridgehead atoms. The lowest BCUT2D eigenvalue weighted by atomic mass is 10.3. The van der Waals surface area contributed by atoms with Crippen molar-refractivity contribution in [1.29, 1.82) is 0 Å². The third-order valence-corrected chi connectivity index (χ3v) is 2.68. The molecular formula is C10H8BrNO3. The monoisotopic (exact) mass is 269 g/mol. The van der Waals surface area contributed by atoms with Crippen LogP contribution in [0.2, 0.25) is 0 Å². The molecule has 0 saturated heterocycles. The van der Waals surface area contributed by atoms with Gasteiger partial charge in [-0.05, 0) is 34.1 Å². The normalized spacial score (nSPS) is 10.5. The van der Waals surface area contributed by atoms with Gasteiger partial charge in [-0.1, -0.05) is 0 Å². The van der Waals surface area contributed by atoms with E-state index >= 15 is 0 Å². The van der Waals surface area contributed by atoms with E-state index in [1.807, 2.05) is 6.07 Å². The van der Waals surface area contributed by atoms with Crippen molar-refractivity contribution in [1.82, 2.24) is 4.57 Å². The Hall–Kier alpha value is -1.49. The minimum absolute atomic E-state index is 0.258. The Morgan fingerprint density at radius 2 is 2.40 bits per heavy atom. The molecule has 15 heavy (non-hydrogen) atoms. The highest BCUT2D eigenvalue weighted by Gasteiger charge is 2.09. The second-order valence-electron chi connectivity index (χ2n) is 3.06. The van der Waals surface area contributed by atoms with Gasteiger partial charge in [-0.15, -0.1) is 0 Å². The predicted octanol–water partition coefficient (Wildman–Crippen LogP) is 2.59. The summed E-state index contributed by atoms with van der Waals surface area (Å²) < 4.78 is 7.66. The molecule has 2 heterocycles. The molecule has 0 amide bonds. The number of aromatic nitrogens is 1. The molecule has 1 N–H and O–H groups in total. The minimum atomic E-state index is -0.936. The van der Waals surface area contributed by atoms with Crippen molar-refractivity contribution >= 4 is 21.9 Å². The molecule has 0 aliphatic heterocycles. The number of hydrogen-bond acceptors (Lipinski definition) is 2. The Balaban J connectivity index is 2.25. The van der Waals surface area contributed by atoms with E-state index in [-0.39, 0.29) is 5.56 Å². The van der Waals surface area contributed by atoms with Crippen LogP contribution in [0.15, 0.2) is 39.7 Å². The maximum absolute atomic E-state index is 10.7. The quantitative estimate of drug-likeness (QED) is 0.932. The van der Waals surface area contributed by atoms with Crippen LogP contribution >= 0.6 is 15.9 Å². The SMILES string of the molecule is O=C(O)c1cc(Br)n(Cc2ccco2)c1. The zero-order chi connectivity index (χ0) is 10.8. The van der Waals surface area contributed by atoms with E-state index < -0.39 is 5.97 Å². The Morgan fingerprint density at radius 1 is 1.60 bits per heavy atom. The van der Waals surface area contributed by atoms with Crippen molar-refractivity contribution in [3.63, 3.8) is 0 Å². The molecule has 0 unspecified atom stereocenters. The lowest BCUT2D eigenvalue weighted by Gasteiger charge is -2.00. The number of aromatic carboxylic acids is 1. The first-order chi connectivity index (χ1) is 7.16. The summed E-state index contributed by atoms with van der Waals surface area (Å²) in [6, 6.07) is 5.20. The smallest absolute Gasteiger partial charge is 0.337 e. The highest BCUT2D eigenvalue weighted by molar-refractivity contribution is 9.10. The van der Waals surface area contributed by atoms with Crippen molar-refractivity contribution in [3.8, 4) is 0 Å². The number of furan rings is 1. The van der Waals surface area contributed by atoms with Crippen molar-refractivity contribution in [2.24, 2.45) is 0 Å². The van der Waals surface area contributed by atoms with Gasteiger partial charge in [0.25, 0.3) is 0 Å². The summed E-state index contributed by atoms with van der Waals surface area (Å²) in [5.74, 6) is -0.155. The highest BCUT2D eigenvalue weighted by Crippen LogP contribution is 2.17. The number of rotatable bonds is 3. The summed E-state index contributed by atoms with van der Waals surface area (Å²) in [4.78, 5) is 10.7. The molecule has 0 spiro atoms. The molecule has 0 aliphatic carbocycles. The predicted molar refractivity (Wildman–Crippen MR) is 56.9 cm³/mol. The molecule has 0 saturated carbocycles. The molecular weight excluding hydrogens is 262 g/mol. The topological polar surface area (TPSA) is 55.4 Å². The molecule has 78 valence electrons. The van der Waals surface area contributed by atoms with Gasteiger partial charge in [0, 0.05) is 6.20 Å². The second kappa shape index (κ2) is 3.94. The van der Waals surface area contributed by atoms with E-state index in [0.29, 0.717) is 6.54 Å². The van der Waals surface area contributed by atoms with Gasteiger partial charge < -0.3 is 14.1 Å². The minimum Gasteiger partial charge on any atom is -0.478 e. The second-order valence-corrected chi connectivity index (χ2v) is 3.88. The molecule has 0 aliphatic rings. The zero-order valence-corrected chi connectivity index (χ0v) is 9.27. The van der Waals surface area contributed by atoms with Gasteiger partial charge in [0.15, 0.2) is 0 Å². The summed E-state index contributed by atoms with van der Waals surface area (Å²) in [5.41, 5.74) is 0.258. The summed E-state index contributed by atoms with van der Waals surface area (Å²) >= 11 is 3.29. The number of halogens is 1.